The normalized spacial score (nSPS) is 20.5. The highest BCUT2D eigenvalue weighted by molar-refractivity contribution is 6.00. The molecule has 0 bridgehead atoms. The van der Waals surface area contributed by atoms with E-state index in [2.05, 4.69) is 10.4 Å². The van der Waals surface area contributed by atoms with Gasteiger partial charge in [0.25, 0.3) is 5.91 Å². The Bertz CT molecular complexity index is 768. The maximum absolute atomic E-state index is 14.1. The van der Waals surface area contributed by atoms with E-state index in [0.29, 0.717) is 5.92 Å². The van der Waals surface area contributed by atoms with Crippen molar-refractivity contribution in [2.45, 2.75) is 31.7 Å². The van der Waals surface area contributed by atoms with Crippen LogP contribution < -0.4 is 5.32 Å². The monoisotopic (exact) mass is 349 g/mol. The molecule has 0 radical (unpaired) electrons. The van der Waals surface area contributed by atoms with E-state index >= 15 is 0 Å². The largest absolute Gasteiger partial charge is 0.396 e. The number of aromatic nitrogens is 2. The van der Waals surface area contributed by atoms with Crippen LogP contribution in [0.1, 0.15) is 36.0 Å². The average Bonchev–Trinajstić information content (AvgIpc) is 2.97. The molecule has 1 heterocycles. The molecule has 1 aromatic carbocycles. The quantitative estimate of drug-likeness (QED) is 0.892. The van der Waals surface area contributed by atoms with Gasteiger partial charge < -0.3 is 10.4 Å². The summed E-state index contributed by atoms with van der Waals surface area (Å²) in [6.07, 6.45) is 4.88. The van der Waals surface area contributed by atoms with Crippen molar-refractivity contribution in [3.05, 3.63) is 41.6 Å². The van der Waals surface area contributed by atoms with Gasteiger partial charge in [0, 0.05) is 37.5 Å². The Morgan fingerprint density at radius 3 is 2.68 bits per heavy atom. The molecule has 1 aliphatic carbocycles. The molecule has 134 valence electrons. The summed E-state index contributed by atoms with van der Waals surface area (Å²) in [4.78, 5) is 12.6. The summed E-state index contributed by atoms with van der Waals surface area (Å²) >= 11 is 0. The molecule has 0 atom stereocenters. The van der Waals surface area contributed by atoms with Crippen molar-refractivity contribution < 1.29 is 18.7 Å². The maximum Gasteiger partial charge on any atom is 0.255 e. The number of benzene rings is 1. The second kappa shape index (κ2) is 7.31. The number of rotatable bonds is 4. The Labute approximate surface area is 144 Å². The number of amides is 1. The van der Waals surface area contributed by atoms with E-state index in [1.807, 2.05) is 0 Å². The lowest BCUT2D eigenvalue weighted by molar-refractivity contribution is 0.0914. The number of halogens is 2. The molecule has 1 fully saturated rings. The number of nitrogens with one attached hydrogen (secondary N) is 1. The van der Waals surface area contributed by atoms with Crippen LogP contribution in [0.2, 0.25) is 0 Å². The van der Waals surface area contributed by atoms with E-state index in [9.17, 15) is 18.7 Å². The fraction of sp³-hybridized carbons (Fsp3) is 0.444. The molecule has 1 aromatic heterocycles. The Morgan fingerprint density at radius 1 is 1.32 bits per heavy atom. The molecule has 0 saturated heterocycles. The van der Waals surface area contributed by atoms with Crippen molar-refractivity contribution in [1.82, 2.24) is 15.1 Å². The van der Waals surface area contributed by atoms with Crippen molar-refractivity contribution in [2.75, 3.05) is 6.61 Å². The minimum Gasteiger partial charge on any atom is -0.396 e. The van der Waals surface area contributed by atoms with Gasteiger partial charge in [0.05, 0.1) is 5.56 Å². The Hall–Kier alpha value is -2.28. The summed E-state index contributed by atoms with van der Waals surface area (Å²) in [6.45, 7) is 0.178. The van der Waals surface area contributed by atoms with Crippen LogP contribution >= 0.6 is 0 Å². The molecule has 2 N–H and O–H groups in total. The first-order valence-corrected chi connectivity index (χ1v) is 8.38. The SMILES string of the molecule is Cn1cc(C(=O)NC2CCC(CO)CC2)c(-c2ccc(F)cc2F)n1. The number of aryl methyl sites for hydroxylation is 1. The highest BCUT2D eigenvalue weighted by Gasteiger charge is 2.25. The lowest BCUT2D eigenvalue weighted by atomic mass is 9.86. The van der Waals surface area contributed by atoms with Gasteiger partial charge in [0.1, 0.15) is 17.3 Å². The Balaban J connectivity index is 1.79. The summed E-state index contributed by atoms with van der Waals surface area (Å²) < 4.78 is 28.7. The van der Waals surface area contributed by atoms with Crippen LogP contribution in [0.25, 0.3) is 11.3 Å². The smallest absolute Gasteiger partial charge is 0.255 e. The van der Waals surface area contributed by atoms with Crippen LogP contribution in [-0.2, 0) is 7.05 Å². The third-order valence-corrected chi connectivity index (χ3v) is 4.70. The minimum atomic E-state index is -0.754. The zero-order valence-electron chi connectivity index (χ0n) is 14.0. The van der Waals surface area contributed by atoms with E-state index in [1.165, 1.54) is 16.9 Å². The standard InChI is InChI=1S/C18H21F2N3O2/c1-23-9-15(17(22-23)14-7-4-12(19)8-16(14)20)18(25)21-13-5-2-11(10-24)3-6-13/h4,7-9,11,13,24H,2-3,5-6,10H2,1H3,(H,21,25). The molecular formula is C18H21F2N3O2. The van der Waals surface area contributed by atoms with Crippen LogP contribution in [0.5, 0.6) is 0 Å². The number of carbonyl (C=O) groups is 1. The van der Waals surface area contributed by atoms with Gasteiger partial charge in [-0.3, -0.25) is 9.48 Å². The third kappa shape index (κ3) is 3.87. The summed E-state index contributed by atoms with van der Waals surface area (Å²) in [5.74, 6) is -1.45. The summed E-state index contributed by atoms with van der Waals surface area (Å²) in [5.41, 5.74) is 0.551. The van der Waals surface area contributed by atoms with Gasteiger partial charge in [0.2, 0.25) is 0 Å². The van der Waals surface area contributed by atoms with Crippen molar-refractivity contribution in [3.8, 4) is 11.3 Å². The molecule has 2 aromatic rings. The number of hydrogen-bond acceptors (Lipinski definition) is 3. The predicted octanol–water partition coefficient (Wildman–Crippen LogP) is 2.65. The Morgan fingerprint density at radius 2 is 2.04 bits per heavy atom. The molecule has 1 amide bonds. The highest BCUT2D eigenvalue weighted by Crippen LogP contribution is 2.27. The van der Waals surface area contributed by atoms with Crippen LogP contribution in [-0.4, -0.2) is 33.4 Å². The highest BCUT2D eigenvalue weighted by atomic mass is 19.1. The van der Waals surface area contributed by atoms with Gasteiger partial charge in [-0.15, -0.1) is 0 Å². The van der Waals surface area contributed by atoms with Gasteiger partial charge in [-0.2, -0.15) is 5.10 Å². The molecule has 7 heteroatoms. The molecule has 0 spiro atoms. The van der Waals surface area contributed by atoms with Gasteiger partial charge in [-0.1, -0.05) is 0 Å². The summed E-state index contributed by atoms with van der Waals surface area (Å²) in [7, 11) is 1.65. The van der Waals surface area contributed by atoms with E-state index in [0.717, 1.165) is 37.8 Å². The summed E-state index contributed by atoms with van der Waals surface area (Å²) in [6, 6.07) is 3.24. The first kappa shape index (κ1) is 17.5. The zero-order valence-corrected chi connectivity index (χ0v) is 14.0. The van der Waals surface area contributed by atoms with Crippen molar-refractivity contribution in [1.29, 1.82) is 0 Å². The molecule has 1 saturated carbocycles. The molecule has 3 rings (SSSR count). The zero-order chi connectivity index (χ0) is 18.0. The molecule has 25 heavy (non-hydrogen) atoms. The van der Waals surface area contributed by atoms with Crippen molar-refractivity contribution in [2.24, 2.45) is 13.0 Å². The number of hydrogen-bond donors (Lipinski definition) is 2. The van der Waals surface area contributed by atoms with Gasteiger partial charge in [-0.25, -0.2) is 8.78 Å². The van der Waals surface area contributed by atoms with E-state index in [4.69, 9.17) is 0 Å². The molecular weight excluding hydrogens is 328 g/mol. The van der Waals surface area contributed by atoms with Crippen LogP contribution in [0.3, 0.4) is 0 Å². The van der Waals surface area contributed by atoms with Crippen LogP contribution in [0.4, 0.5) is 8.78 Å². The fourth-order valence-electron chi connectivity index (χ4n) is 3.29. The molecule has 5 nitrogen and oxygen atoms in total. The van der Waals surface area contributed by atoms with Gasteiger partial charge in [-0.05, 0) is 43.7 Å². The molecule has 0 aliphatic heterocycles. The summed E-state index contributed by atoms with van der Waals surface area (Å²) in [5, 5.41) is 16.3. The number of aliphatic hydroxyl groups excluding tert-OH is 1. The number of carbonyl (C=O) groups excluding carboxylic acids is 1. The van der Waals surface area contributed by atoms with Crippen molar-refractivity contribution in [3.63, 3.8) is 0 Å². The van der Waals surface area contributed by atoms with Crippen molar-refractivity contribution >= 4 is 5.91 Å². The first-order valence-electron chi connectivity index (χ1n) is 8.38. The van der Waals surface area contributed by atoms with Crippen LogP contribution in [0.15, 0.2) is 24.4 Å². The van der Waals surface area contributed by atoms with Gasteiger partial charge >= 0.3 is 0 Å². The second-order valence-electron chi connectivity index (χ2n) is 6.56. The van der Waals surface area contributed by atoms with E-state index < -0.39 is 11.6 Å². The lowest BCUT2D eigenvalue weighted by Gasteiger charge is -2.27. The van der Waals surface area contributed by atoms with Gasteiger partial charge in [0.15, 0.2) is 0 Å². The second-order valence-corrected chi connectivity index (χ2v) is 6.56. The lowest BCUT2D eigenvalue weighted by Crippen LogP contribution is -2.38. The average molecular weight is 349 g/mol. The fourth-order valence-corrected chi connectivity index (χ4v) is 3.29. The van der Waals surface area contributed by atoms with E-state index in [-0.39, 0.29) is 35.4 Å². The number of nitrogens with zero attached hydrogens (tertiary/aromatic N) is 2. The van der Waals surface area contributed by atoms with Crippen LogP contribution in [0, 0.1) is 17.6 Å². The number of aliphatic hydroxyl groups is 1. The molecule has 1 aliphatic rings. The minimum absolute atomic E-state index is 0.0291. The molecule has 0 unspecified atom stereocenters. The van der Waals surface area contributed by atoms with E-state index in [1.54, 1.807) is 7.05 Å². The topological polar surface area (TPSA) is 67.2 Å². The Kier molecular flexibility index (Phi) is 5.13. The predicted molar refractivity (Wildman–Crippen MR) is 88.9 cm³/mol. The first-order chi connectivity index (χ1) is 12.0. The third-order valence-electron chi connectivity index (χ3n) is 4.70. The maximum atomic E-state index is 14.1.